The number of phenolic OH excluding ortho intramolecular Hbond substituents is 1. The van der Waals surface area contributed by atoms with Gasteiger partial charge in [-0.15, -0.1) is 0 Å². The first-order valence-electron chi connectivity index (χ1n) is 13.3. The first kappa shape index (κ1) is 27.0. The summed E-state index contributed by atoms with van der Waals surface area (Å²) in [6, 6.07) is 27.2. The SMILES string of the molecule is CC(=O)Oc1cccc(-c2cc(C(=O)Nc3ccc(-c4ccc(OC5CCN(C)CC5)cc4)cc3)ccc2O)c1. The highest BCUT2D eigenvalue weighted by Gasteiger charge is 2.18. The standard InChI is InChI=1S/C33H32N2O5/c1-22(36)39-30-5-3-4-25(20-30)31-21-26(10-15-32(31)37)33(38)34-27-11-6-23(7-12-27)24-8-13-28(14-9-24)40-29-16-18-35(2)19-17-29/h3-15,20-21,29,37H,16-19H2,1-2H3,(H,34,38). The van der Waals surface area contributed by atoms with Crippen molar-refractivity contribution in [3.63, 3.8) is 0 Å². The van der Waals surface area contributed by atoms with Gasteiger partial charge in [-0.05, 0) is 91.2 Å². The molecule has 5 rings (SSSR count). The van der Waals surface area contributed by atoms with Crippen molar-refractivity contribution < 1.29 is 24.2 Å². The van der Waals surface area contributed by atoms with Crippen molar-refractivity contribution in [2.24, 2.45) is 0 Å². The molecule has 7 heteroatoms. The van der Waals surface area contributed by atoms with E-state index in [4.69, 9.17) is 9.47 Å². The number of phenols is 1. The van der Waals surface area contributed by atoms with E-state index in [-0.39, 0.29) is 17.8 Å². The highest BCUT2D eigenvalue weighted by atomic mass is 16.5. The topological polar surface area (TPSA) is 88.1 Å². The summed E-state index contributed by atoms with van der Waals surface area (Å²) >= 11 is 0. The zero-order chi connectivity index (χ0) is 28.1. The number of hydrogen-bond donors (Lipinski definition) is 2. The number of esters is 1. The number of carbonyl (C=O) groups excluding carboxylic acids is 2. The van der Waals surface area contributed by atoms with E-state index >= 15 is 0 Å². The Morgan fingerprint density at radius 1 is 0.825 bits per heavy atom. The number of rotatable bonds is 7. The zero-order valence-electron chi connectivity index (χ0n) is 22.6. The number of likely N-dealkylation sites (tertiary alicyclic amines) is 1. The van der Waals surface area contributed by atoms with Gasteiger partial charge in [0.1, 0.15) is 23.4 Å². The molecule has 40 heavy (non-hydrogen) atoms. The molecule has 4 aromatic rings. The molecule has 0 unspecified atom stereocenters. The van der Waals surface area contributed by atoms with Crippen molar-refractivity contribution in [2.75, 3.05) is 25.5 Å². The predicted octanol–water partition coefficient (Wildman–Crippen LogP) is 6.38. The maximum Gasteiger partial charge on any atom is 0.308 e. The van der Waals surface area contributed by atoms with Crippen LogP contribution in [0.15, 0.2) is 91.0 Å². The summed E-state index contributed by atoms with van der Waals surface area (Å²) in [5, 5.41) is 13.3. The second kappa shape index (κ2) is 12.1. The number of amides is 1. The van der Waals surface area contributed by atoms with E-state index in [0.717, 1.165) is 42.8 Å². The second-order valence-electron chi connectivity index (χ2n) is 10.0. The summed E-state index contributed by atoms with van der Waals surface area (Å²) in [5.74, 6) is 0.520. The molecular weight excluding hydrogens is 504 g/mol. The van der Waals surface area contributed by atoms with Crippen molar-refractivity contribution in [1.82, 2.24) is 4.90 Å². The van der Waals surface area contributed by atoms with E-state index in [0.29, 0.717) is 28.1 Å². The van der Waals surface area contributed by atoms with Gasteiger partial charge in [0.2, 0.25) is 0 Å². The van der Waals surface area contributed by atoms with E-state index in [2.05, 4.69) is 17.3 Å². The highest BCUT2D eigenvalue weighted by molar-refractivity contribution is 6.05. The average Bonchev–Trinajstić information content (AvgIpc) is 2.95. The summed E-state index contributed by atoms with van der Waals surface area (Å²) in [6.45, 7) is 3.44. The Kier molecular flexibility index (Phi) is 8.12. The molecule has 4 aromatic carbocycles. The smallest absolute Gasteiger partial charge is 0.308 e. The van der Waals surface area contributed by atoms with Gasteiger partial charge in [0.25, 0.3) is 5.91 Å². The van der Waals surface area contributed by atoms with Crippen LogP contribution in [0.2, 0.25) is 0 Å². The molecule has 1 aliphatic heterocycles. The Labute approximate surface area is 234 Å². The monoisotopic (exact) mass is 536 g/mol. The minimum absolute atomic E-state index is 0.0173. The molecule has 204 valence electrons. The van der Waals surface area contributed by atoms with Crippen molar-refractivity contribution in [1.29, 1.82) is 0 Å². The molecule has 1 amide bonds. The van der Waals surface area contributed by atoms with Crippen LogP contribution < -0.4 is 14.8 Å². The third kappa shape index (κ3) is 6.68. The summed E-state index contributed by atoms with van der Waals surface area (Å²) in [4.78, 5) is 26.6. The van der Waals surface area contributed by atoms with Gasteiger partial charge < -0.3 is 24.8 Å². The molecule has 0 aliphatic carbocycles. The molecule has 0 radical (unpaired) electrons. The van der Waals surface area contributed by atoms with Crippen LogP contribution in [0.5, 0.6) is 17.2 Å². The molecule has 1 heterocycles. The lowest BCUT2D eigenvalue weighted by atomic mass is 10.0. The predicted molar refractivity (Wildman–Crippen MR) is 156 cm³/mol. The Bertz CT molecular complexity index is 1490. The number of nitrogens with one attached hydrogen (secondary N) is 1. The summed E-state index contributed by atoms with van der Waals surface area (Å²) in [7, 11) is 2.14. The van der Waals surface area contributed by atoms with Gasteiger partial charge in [-0.1, -0.05) is 36.4 Å². The number of ether oxygens (including phenoxy) is 2. The third-order valence-corrected chi connectivity index (χ3v) is 6.96. The number of benzene rings is 4. The van der Waals surface area contributed by atoms with E-state index in [1.165, 1.54) is 13.0 Å². The summed E-state index contributed by atoms with van der Waals surface area (Å²) in [6.07, 6.45) is 2.35. The molecule has 1 aliphatic rings. The Hall–Kier alpha value is -4.62. The summed E-state index contributed by atoms with van der Waals surface area (Å²) < 4.78 is 11.3. The van der Waals surface area contributed by atoms with Gasteiger partial charge in [0, 0.05) is 36.8 Å². The van der Waals surface area contributed by atoms with E-state index in [1.807, 2.05) is 48.5 Å². The lowest BCUT2D eigenvalue weighted by Crippen LogP contribution is -2.35. The quantitative estimate of drug-likeness (QED) is 0.211. The van der Waals surface area contributed by atoms with Crippen molar-refractivity contribution in [2.45, 2.75) is 25.9 Å². The number of carbonyl (C=O) groups is 2. The van der Waals surface area contributed by atoms with Gasteiger partial charge in [-0.2, -0.15) is 0 Å². The molecule has 0 spiro atoms. The van der Waals surface area contributed by atoms with Gasteiger partial charge >= 0.3 is 5.97 Å². The largest absolute Gasteiger partial charge is 0.507 e. The molecule has 0 bridgehead atoms. The van der Waals surface area contributed by atoms with Crippen molar-refractivity contribution in [3.8, 4) is 39.5 Å². The van der Waals surface area contributed by atoms with Gasteiger partial charge in [0.15, 0.2) is 0 Å². The average molecular weight is 537 g/mol. The fraction of sp³-hybridized carbons (Fsp3) is 0.212. The maximum atomic E-state index is 13.0. The van der Waals surface area contributed by atoms with Crippen LogP contribution in [-0.2, 0) is 4.79 Å². The normalized spacial score (nSPS) is 13.9. The van der Waals surface area contributed by atoms with Crippen LogP contribution in [0, 0.1) is 0 Å². The molecule has 0 atom stereocenters. The number of aromatic hydroxyl groups is 1. The van der Waals surface area contributed by atoms with E-state index in [9.17, 15) is 14.7 Å². The Morgan fingerprint density at radius 3 is 2.17 bits per heavy atom. The third-order valence-electron chi connectivity index (χ3n) is 6.96. The van der Waals surface area contributed by atoms with E-state index < -0.39 is 5.97 Å². The van der Waals surface area contributed by atoms with Crippen molar-refractivity contribution in [3.05, 3.63) is 96.6 Å². The molecule has 0 saturated carbocycles. The van der Waals surface area contributed by atoms with Crippen molar-refractivity contribution >= 4 is 17.6 Å². The first-order valence-corrected chi connectivity index (χ1v) is 13.3. The number of nitrogens with zero attached hydrogens (tertiary/aromatic N) is 1. The zero-order valence-corrected chi connectivity index (χ0v) is 22.6. The Balaban J connectivity index is 1.24. The van der Waals surface area contributed by atoms with Crippen LogP contribution in [0.25, 0.3) is 22.3 Å². The maximum absolute atomic E-state index is 13.0. The first-order chi connectivity index (χ1) is 19.3. The van der Waals surface area contributed by atoms with Crippen LogP contribution in [-0.4, -0.2) is 48.1 Å². The minimum atomic E-state index is -0.436. The molecule has 1 fully saturated rings. The van der Waals surface area contributed by atoms with Crippen LogP contribution in [0.1, 0.15) is 30.1 Å². The molecule has 7 nitrogen and oxygen atoms in total. The summed E-state index contributed by atoms with van der Waals surface area (Å²) in [5.41, 5.74) is 4.21. The van der Waals surface area contributed by atoms with Crippen LogP contribution in [0.3, 0.4) is 0 Å². The van der Waals surface area contributed by atoms with Gasteiger partial charge in [0.05, 0.1) is 0 Å². The Morgan fingerprint density at radius 2 is 1.50 bits per heavy atom. The fourth-order valence-electron chi connectivity index (χ4n) is 4.77. The molecule has 2 N–H and O–H groups in total. The van der Waals surface area contributed by atoms with Crippen LogP contribution >= 0.6 is 0 Å². The van der Waals surface area contributed by atoms with Crippen LogP contribution in [0.4, 0.5) is 5.69 Å². The molecule has 1 saturated heterocycles. The van der Waals surface area contributed by atoms with Gasteiger partial charge in [-0.25, -0.2) is 0 Å². The fourth-order valence-corrected chi connectivity index (χ4v) is 4.77. The molecule has 0 aromatic heterocycles. The molecular formula is C33H32N2O5. The van der Waals surface area contributed by atoms with Gasteiger partial charge in [-0.3, -0.25) is 9.59 Å². The lowest BCUT2D eigenvalue weighted by molar-refractivity contribution is -0.131. The minimum Gasteiger partial charge on any atom is -0.507 e. The lowest BCUT2D eigenvalue weighted by Gasteiger charge is -2.29. The highest BCUT2D eigenvalue weighted by Crippen LogP contribution is 2.33. The van der Waals surface area contributed by atoms with E-state index in [1.54, 1.807) is 36.4 Å². The second-order valence-corrected chi connectivity index (χ2v) is 10.0. The number of anilines is 1. The number of piperidine rings is 1. The number of hydrogen-bond acceptors (Lipinski definition) is 6.